The molecule has 366 valence electrons. The number of aliphatic carboxylic acids is 1. The summed E-state index contributed by atoms with van der Waals surface area (Å²) in [6, 6.07) is -0.626. The molecule has 0 amide bonds. The van der Waals surface area contributed by atoms with E-state index in [0.717, 1.165) is 96.3 Å². The molecule has 1 N–H and O–H groups in total. The van der Waals surface area contributed by atoms with E-state index in [0.29, 0.717) is 19.3 Å². The number of carbonyl (C=O) groups excluding carboxylic acids is 2. The summed E-state index contributed by atoms with van der Waals surface area (Å²) in [5, 5.41) is 9.65. The van der Waals surface area contributed by atoms with E-state index in [2.05, 4.69) is 98.9 Å². The van der Waals surface area contributed by atoms with Crippen molar-refractivity contribution >= 4 is 17.9 Å². The number of esters is 2. The first-order valence-electron chi connectivity index (χ1n) is 25.6. The zero-order valence-electron chi connectivity index (χ0n) is 41.7. The zero-order chi connectivity index (χ0) is 47.0. The molecule has 0 fully saturated rings. The lowest BCUT2D eigenvalue weighted by Gasteiger charge is -2.31. The van der Waals surface area contributed by atoms with E-state index >= 15 is 0 Å². The fraction of sp³-hybridized carbons (Fsp3) is 0.696. The SMILES string of the molecule is CC/C=C/C/C=C/C/C=C/C/C=C/C/C=C/C/C=C/CCCCCC(=O)OCC(COCCC(C(=O)O)[N+](C)(C)C)OC(=O)CCCCCCC/C=C/CCCCCCCCCCC. The van der Waals surface area contributed by atoms with Crippen LogP contribution in [0.3, 0.4) is 0 Å². The van der Waals surface area contributed by atoms with Gasteiger partial charge in [-0.1, -0.05) is 176 Å². The molecule has 0 aliphatic carbocycles. The molecule has 2 unspecified atom stereocenters. The summed E-state index contributed by atoms with van der Waals surface area (Å²) < 4.78 is 17.3. The van der Waals surface area contributed by atoms with Gasteiger partial charge in [0, 0.05) is 19.3 Å². The van der Waals surface area contributed by atoms with E-state index in [4.69, 9.17) is 14.2 Å². The van der Waals surface area contributed by atoms with Gasteiger partial charge in [-0.05, 0) is 89.9 Å². The molecule has 2 atom stereocenters. The highest BCUT2D eigenvalue weighted by atomic mass is 16.6. The van der Waals surface area contributed by atoms with Crippen molar-refractivity contribution in [3.63, 3.8) is 0 Å². The third kappa shape index (κ3) is 43.7. The van der Waals surface area contributed by atoms with Crippen LogP contribution in [-0.2, 0) is 28.6 Å². The molecule has 0 aliphatic heterocycles. The lowest BCUT2D eigenvalue weighted by molar-refractivity contribution is -0.887. The van der Waals surface area contributed by atoms with Crippen LogP contribution in [0.2, 0.25) is 0 Å². The average Bonchev–Trinajstić information content (AvgIpc) is 3.26. The number of nitrogens with zero attached hydrogens (tertiary/aromatic N) is 1. The van der Waals surface area contributed by atoms with E-state index in [1.807, 2.05) is 21.1 Å². The number of hydrogen-bond donors (Lipinski definition) is 1. The molecule has 0 saturated heterocycles. The molecule has 0 aromatic carbocycles. The lowest BCUT2D eigenvalue weighted by Crippen LogP contribution is -2.50. The topological polar surface area (TPSA) is 99.1 Å². The summed E-state index contributed by atoms with van der Waals surface area (Å²) in [5.74, 6) is -1.52. The van der Waals surface area contributed by atoms with Crippen molar-refractivity contribution in [2.75, 3.05) is 41.0 Å². The number of hydrogen-bond acceptors (Lipinski definition) is 6. The maximum absolute atomic E-state index is 12.8. The predicted octanol–water partition coefficient (Wildman–Crippen LogP) is 14.9. The van der Waals surface area contributed by atoms with Gasteiger partial charge in [-0.3, -0.25) is 9.59 Å². The van der Waals surface area contributed by atoms with Crippen molar-refractivity contribution in [1.29, 1.82) is 0 Å². The van der Waals surface area contributed by atoms with Gasteiger partial charge in [0.2, 0.25) is 0 Å². The summed E-state index contributed by atoms with van der Waals surface area (Å²) in [6.07, 6.45) is 60.6. The Bertz CT molecular complexity index is 1320. The molecule has 64 heavy (non-hydrogen) atoms. The Labute approximate surface area is 393 Å². The largest absolute Gasteiger partial charge is 0.477 e. The first-order valence-corrected chi connectivity index (χ1v) is 25.6. The van der Waals surface area contributed by atoms with Crippen molar-refractivity contribution < 1.29 is 38.2 Å². The molecule has 0 spiro atoms. The number of carboxylic acid groups (broad SMARTS) is 1. The second-order valence-electron chi connectivity index (χ2n) is 18.0. The van der Waals surface area contributed by atoms with Crippen LogP contribution in [0.25, 0.3) is 0 Å². The van der Waals surface area contributed by atoms with Crippen molar-refractivity contribution in [1.82, 2.24) is 0 Å². The molecule has 8 heteroatoms. The Balaban J connectivity index is 4.35. The summed E-state index contributed by atoms with van der Waals surface area (Å²) in [6.45, 7) is 4.58. The van der Waals surface area contributed by atoms with Crippen molar-refractivity contribution in [3.8, 4) is 0 Å². The second kappa shape index (κ2) is 46.1. The number of rotatable bonds is 45. The number of carboxylic acids is 1. The smallest absolute Gasteiger partial charge is 0.362 e. The standard InChI is InChI=1S/C56H95NO7/c1-6-8-10-12-14-16-18-20-22-24-26-27-28-29-31-32-34-36-38-40-42-44-46-54(58)63-51-52(50-62-49-48-53(56(60)61)57(3,4)5)64-55(59)47-45-43-41-39-37-35-33-30-25-23-21-19-17-15-13-11-9-7-2/h8,10,14,16,20,22,26-27,29-31,33-34,36,52-53H,6-7,9,11-13,15,17-19,21,23-25,28,32,35,37-51H2,1-5H3/p+1/b10-8+,16-14+,22-20+,27-26+,31-29+,33-30+,36-34+. The molecule has 0 aromatic rings. The van der Waals surface area contributed by atoms with Gasteiger partial charge in [0.1, 0.15) is 6.61 Å². The maximum Gasteiger partial charge on any atom is 0.362 e. The van der Waals surface area contributed by atoms with Gasteiger partial charge in [-0.15, -0.1) is 0 Å². The molecule has 8 nitrogen and oxygen atoms in total. The quantitative estimate of drug-likeness (QED) is 0.0281. The monoisotopic (exact) mass is 895 g/mol. The zero-order valence-corrected chi connectivity index (χ0v) is 41.7. The Morgan fingerprint density at radius 3 is 1.33 bits per heavy atom. The van der Waals surface area contributed by atoms with Crippen LogP contribution < -0.4 is 0 Å². The van der Waals surface area contributed by atoms with E-state index in [9.17, 15) is 19.5 Å². The molecular formula is C56H96NO7+. The molecule has 0 radical (unpaired) electrons. The first kappa shape index (κ1) is 60.5. The van der Waals surface area contributed by atoms with Gasteiger partial charge in [0.25, 0.3) is 0 Å². The molecule has 0 aliphatic rings. The highest BCUT2D eigenvalue weighted by molar-refractivity contribution is 5.72. The molecule has 0 bridgehead atoms. The fourth-order valence-electron chi connectivity index (χ4n) is 7.09. The van der Waals surface area contributed by atoms with Gasteiger partial charge in [0.15, 0.2) is 12.1 Å². The van der Waals surface area contributed by atoms with Crippen molar-refractivity contribution in [3.05, 3.63) is 85.1 Å². The van der Waals surface area contributed by atoms with Gasteiger partial charge >= 0.3 is 17.9 Å². The fourth-order valence-corrected chi connectivity index (χ4v) is 7.09. The minimum Gasteiger partial charge on any atom is -0.477 e. The minimum absolute atomic E-state index is 0.0428. The van der Waals surface area contributed by atoms with Crippen LogP contribution in [0.1, 0.15) is 200 Å². The normalized spacial score (nSPS) is 13.6. The Morgan fingerprint density at radius 2 is 0.875 bits per heavy atom. The lowest BCUT2D eigenvalue weighted by atomic mass is 10.1. The highest BCUT2D eigenvalue weighted by Gasteiger charge is 2.31. The van der Waals surface area contributed by atoms with Crippen molar-refractivity contribution in [2.45, 2.75) is 212 Å². The second-order valence-corrected chi connectivity index (χ2v) is 18.0. The molecule has 0 aromatic heterocycles. The van der Waals surface area contributed by atoms with Gasteiger partial charge in [0.05, 0.1) is 34.4 Å². The highest BCUT2D eigenvalue weighted by Crippen LogP contribution is 2.14. The summed E-state index contributed by atoms with van der Waals surface area (Å²) >= 11 is 0. The summed E-state index contributed by atoms with van der Waals surface area (Å²) in [4.78, 5) is 37.2. The Morgan fingerprint density at radius 1 is 0.484 bits per heavy atom. The van der Waals surface area contributed by atoms with Crippen LogP contribution in [0.15, 0.2) is 85.1 Å². The molecular weight excluding hydrogens is 799 g/mol. The number of carbonyl (C=O) groups is 3. The number of ether oxygens (including phenoxy) is 3. The summed E-state index contributed by atoms with van der Waals surface area (Å²) in [5.41, 5.74) is 0. The van der Waals surface area contributed by atoms with Crippen LogP contribution in [0, 0.1) is 0 Å². The number of likely N-dealkylation sites (N-methyl/N-ethyl adjacent to an activating group) is 1. The third-order valence-electron chi connectivity index (χ3n) is 11.0. The van der Waals surface area contributed by atoms with Crippen LogP contribution in [0.5, 0.6) is 0 Å². The van der Waals surface area contributed by atoms with Gasteiger partial charge < -0.3 is 23.8 Å². The molecule has 0 heterocycles. The van der Waals surface area contributed by atoms with Crippen LogP contribution in [-0.4, -0.2) is 80.6 Å². The van der Waals surface area contributed by atoms with E-state index in [1.54, 1.807) is 0 Å². The van der Waals surface area contributed by atoms with Crippen LogP contribution in [0.4, 0.5) is 0 Å². The Kier molecular flexibility index (Phi) is 43.5. The first-order chi connectivity index (χ1) is 31.1. The Hall–Kier alpha value is -3.49. The van der Waals surface area contributed by atoms with Crippen LogP contribution >= 0.6 is 0 Å². The van der Waals surface area contributed by atoms with E-state index < -0.39 is 18.1 Å². The third-order valence-corrected chi connectivity index (χ3v) is 11.0. The summed E-state index contributed by atoms with van der Waals surface area (Å²) in [7, 11) is 5.52. The van der Waals surface area contributed by atoms with E-state index in [-0.39, 0.29) is 36.2 Å². The average molecular weight is 895 g/mol. The number of unbranched alkanes of at least 4 members (excludes halogenated alkanes) is 17. The minimum atomic E-state index is -0.883. The molecule has 0 rings (SSSR count). The van der Waals surface area contributed by atoms with E-state index in [1.165, 1.54) is 70.6 Å². The maximum atomic E-state index is 12.8. The van der Waals surface area contributed by atoms with Crippen molar-refractivity contribution in [2.24, 2.45) is 0 Å². The molecule has 0 saturated carbocycles. The van der Waals surface area contributed by atoms with Gasteiger partial charge in [-0.25, -0.2) is 4.79 Å². The van der Waals surface area contributed by atoms with Gasteiger partial charge in [-0.2, -0.15) is 0 Å². The number of quaternary nitrogens is 1. The number of allylic oxidation sites excluding steroid dienone is 14. The predicted molar refractivity (Wildman–Crippen MR) is 270 cm³/mol.